The van der Waals surface area contributed by atoms with E-state index in [4.69, 9.17) is 0 Å². The number of aromatic nitrogens is 2. The molecule has 138 valence electrons. The summed E-state index contributed by atoms with van der Waals surface area (Å²) >= 11 is 0. The maximum Gasteiger partial charge on any atom is 0.229 e. The lowest BCUT2D eigenvalue weighted by atomic mass is 10.1. The summed E-state index contributed by atoms with van der Waals surface area (Å²) in [4.78, 5) is 20.2. The standard InChI is InChI=1S/C21H21FN4O/c1-14-13-20(23-12-11-17-5-3-4-6-19(17)22)26-21(24-14)25-18-9-7-16(8-10-18)15(2)27/h3-10,13H,11-12H2,1-2H3,(H2,23,24,25,26). The van der Waals surface area contributed by atoms with E-state index in [2.05, 4.69) is 20.6 Å². The van der Waals surface area contributed by atoms with E-state index >= 15 is 0 Å². The Morgan fingerprint density at radius 2 is 1.81 bits per heavy atom. The van der Waals surface area contributed by atoms with Crippen LogP contribution in [0.1, 0.15) is 28.5 Å². The highest BCUT2D eigenvalue weighted by Crippen LogP contribution is 2.17. The number of halogens is 1. The van der Waals surface area contributed by atoms with Crippen LogP contribution in [0.4, 0.5) is 21.8 Å². The molecule has 0 unspecified atom stereocenters. The van der Waals surface area contributed by atoms with Crippen molar-refractivity contribution in [3.05, 3.63) is 77.2 Å². The number of rotatable bonds is 7. The van der Waals surface area contributed by atoms with Crippen molar-refractivity contribution in [2.75, 3.05) is 17.2 Å². The van der Waals surface area contributed by atoms with Crippen molar-refractivity contribution in [1.82, 2.24) is 9.97 Å². The zero-order chi connectivity index (χ0) is 19.2. The highest BCUT2D eigenvalue weighted by atomic mass is 19.1. The third-order valence-corrected chi connectivity index (χ3v) is 4.06. The SMILES string of the molecule is CC(=O)c1ccc(Nc2nc(C)cc(NCCc3ccccc3F)n2)cc1. The Morgan fingerprint density at radius 3 is 2.52 bits per heavy atom. The summed E-state index contributed by atoms with van der Waals surface area (Å²) in [5, 5.41) is 6.34. The molecule has 1 heterocycles. The number of nitrogens with one attached hydrogen (secondary N) is 2. The van der Waals surface area contributed by atoms with Gasteiger partial charge in [-0.15, -0.1) is 0 Å². The van der Waals surface area contributed by atoms with Gasteiger partial charge >= 0.3 is 0 Å². The van der Waals surface area contributed by atoms with Crippen molar-refractivity contribution >= 4 is 23.2 Å². The summed E-state index contributed by atoms with van der Waals surface area (Å²) < 4.78 is 13.7. The van der Waals surface area contributed by atoms with Gasteiger partial charge in [0.05, 0.1) is 0 Å². The molecule has 6 heteroatoms. The highest BCUT2D eigenvalue weighted by Gasteiger charge is 2.05. The Bertz CT molecular complexity index is 941. The molecule has 0 amide bonds. The van der Waals surface area contributed by atoms with Crippen LogP contribution in [0.15, 0.2) is 54.6 Å². The second kappa shape index (κ2) is 8.40. The van der Waals surface area contributed by atoms with Crippen molar-refractivity contribution in [3.63, 3.8) is 0 Å². The first kappa shape index (κ1) is 18.5. The minimum Gasteiger partial charge on any atom is -0.370 e. The fraction of sp³-hybridized carbons (Fsp3) is 0.190. The number of aryl methyl sites for hydroxylation is 1. The van der Waals surface area contributed by atoms with E-state index in [9.17, 15) is 9.18 Å². The smallest absolute Gasteiger partial charge is 0.229 e. The number of carbonyl (C=O) groups excluding carboxylic acids is 1. The van der Waals surface area contributed by atoms with Crippen LogP contribution in [0.3, 0.4) is 0 Å². The van der Waals surface area contributed by atoms with Crippen LogP contribution in [-0.4, -0.2) is 22.3 Å². The predicted molar refractivity (Wildman–Crippen MR) is 105 cm³/mol. The van der Waals surface area contributed by atoms with Crippen LogP contribution in [0, 0.1) is 12.7 Å². The highest BCUT2D eigenvalue weighted by molar-refractivity contribution is 5.94. The van der Waals surface area contributed by atoms with E-state index in [1.807, 2.05) is 31.2 Å². The van der Waals surface area contributed by atoms with Crippen LogP contribution in [-0.2, 0) is 6.42 Å². The van der Waals surface area contributed by atoms with E-state index in [0.29, 0.717) is 35.9 Å². The van der Waals surface area contributed by atoms with Crippen molar-refractivity contribution in [2.45, 2.75) is 20.3 Å². The number of hydrogen-bond donors (Lipinski definition) is 2. The molecule has 0 radical (unpaired) electrons. The normalized spacial score (nSPS) is 10.5. The Labute approximate surface area is 157 Å². The minimum absolute atomic E-state index is 0.0229. The van der Waals surface area contributed by atoms with E-state index < -0.39 is 0 Å². The summed E-state index contributed by atoms with van der Waals surface area (Å²) in [6.45, 7) is 3.98. The molecule has 2 aromatic carbocycles. The monoisotopic (exact) mass is 364 g/mol. The van der Waals surface area contributed by atoms with Gasteiger partial charge in [0.2, 0.25) is 5.95 Å². The summed E-state index contributed by atoms with van der Waals surface area (Å²) in [6.07, 6.45) is 0.561. The van der Waals surface area contributed by atoms with Gasteiger partial charge in [-0.3, -0.25) is 4.79 Å². The van der Waals surface area contributed by atoms with Gasteiger partial charge in [0.15, 0.2) is 5.78 Å². The fourth-order valence-corrected chi connectivity index (χ4v) is 2.66. The molecule has 0 bridgehead atoms. The molecule has 0 spiro atoms. The fourth-order valence-electron chi connectivity index (χ4n) is 2.66. The summed E-state index contributed by atoms with van der Waals surface area (Å²) in [6, 6.07) is 15.7. The number of benzene rings is 2. The Hall–Kier alpha value is -3.28. The van der Waals surface area contributed by atoms with E-state index in [1.165, 1.54) is 13.0 Å². The second-order valence-corrected chi connectivity index (χ2v) is 6.24. The molecule has 1 aromatic heterocycles. The molecular weight excluding hydrogens is 343 g/mol. The van der Waals surface area contributed by atoms with Gasteiger partial charge < -0.3 is 10.6 Å². The van der Waals surface area contributed by atoms with E-state index in [-0.39, 0.29) is 11.6 Å². The molecule has 2 N–H and O–H groups in total. The molecule has 3 rings (SSSR count). The Morgan fingerprint density at radius 1 is 1.07 bits per heavy atom. The third-order valence-electron chi connectivity index (χ3n) is 4.06. The molecule has 0 aliphatic heterocycles. The molecule has 3 aromatic rings. The first-order valence-electron chi connectivity index (χ1n) is 8.72. The van der Waals surface area contributed by atoms with Gasteiger partial charge in [0, 0.05) is 29.6 Å². The lowest BCUT2D eigenvalue weighted by molar-refractivity contribution is 0.101. The number of carbonyl (C=O) groups is 1. The zero-order valence-electron chi connectivity index (χ0n) is 15.3. The van der Waals surface area contributed by atoms with Crippen LogP contribution >= 0.6 is 0 Å². The molecule has 0 atom stereocenters. The number of anilines is 3. The van der Waals surface area contributed by atoms with Crippen LogP contribution < -0.4 is 10.6 Å². The van der Waals surface area contributed by atoms with Crippen LogP contribution in [0.25, 0.3) is 0 Å². The molecule has 0 fully saturated rings. The van der Waals surface area contributed by atoms with E-state index in [0.717, 1.165) is 11.4 Å². The van der Waals surface area contributed by atoms with Gasteiger partial charge in [0.25, 0.3) is 0 Å². The molecule has 0 aliphatic rings. The number of ketones is 1. The molecule has 0 saturated heterocycles. The van der Waals surface area contributed by atoms with Gasteiger partial charge in [-0.05, 0) is 56.2 Å². The number of nitrogens with zero attached hydrogens (tertiary/aromatic N) is 2. The quantitative estimate of drug-likeness (QED) is 0.603. The summed E-state index contributed by atoms with van der Waals surface area (Å²) in [5.41, 5.74) is 2.92. The maximum atomic E-state index is 13.7. The topological polar surface area (TPSA) is 66.9 Å². The average molecular weight is 364 g/mol. The van der Waals surface area contributed by atoms with Crippen molar-refractivity contribution in [2.24, 2.45) is 0 Å². The number of Topliss-reactive ketones (excluding diaryl/α,β-unsaturated/α-hetero) is 1. The summed E-state index contributed by atoms with van der Waals surface area (Å²) in [5.74, 6) is 0.949. The molecule has 0 aliphatic carbocycles. The predicted octanol–water partition coefficient (Wildman–Crippen LogP) is 4.52. The first-order chi connectivity index (χ1) is 13.0. The van der Waals surface area contributed by atoms with Gasteiger partial charge in [0.1, 0.15) is 11.6 Å². The first-order valence-corrected chi connectivity index (χ1v) is 8.72. The third kappa shape index (κ3) is 5.10. The molecule has 5 nitrogen and oxygen atoms in total. The minimum atomic E-state index is -0.200. The van der Waals surface area contributed by atoms with Gasteiger partial charge in [-0.25, -0.2) is 9.37 Å². The lowest BCUT2D eigenvalue weighted by Crippen LogP contribution is -2.09. The van der Waals surface area contributed by atoms with Crippen molar-refractivity contribution < 1.29 is 9.18 Å². The number of hydrogen-bond acceptors (Lipinski definition) is 5. The Balaban J connectivity index is 1.65. The summed E-state index contributed by atoms with van der Waals surface area (Å²) in [7, 11) is 0. The second-order valence-electron chi connectivity index (χ2n) is 6.24. The van der Waals surface area contributed by atoms with Crippen LogP contribution in [0.2, 0.25) is 0 Å². The van der Waals surface area contributed by atoms with Crippen molar-refractivity contribution in [3.8, 4) is 0 Å². The molecule has 27 heavy (non-hydrogen) atoms. The molecule has 0 saturated carbocycles. The van der Waals surface area contributed by atoms with Crippen molar-refractivity contribution in [1.29, 1.82) is 0 Å². The average Bonchev–Trinajstić information content (AvgIpc) is 2.63. The largest absolute Gasteiger partial charge is 0.370 e. The van der Waals surface area contributed by atoms with Crippen LogP contribution in [0.5, 0.6) is 0 Å². The molecular formula is C21H21FN4O. The maximum absolute atomic E-state index is 13.7. The van der Waals surface area contributed by atoms with E-state index in [1.54, 1.807) is 24.3 Å². The van der Waals surface area contributed by atoms with Gasteiger partial charge in [-0.1, -0.05) is 18.2 Å². The zero-order valence-corrected chi connectivity index (χ0v) is 15.3. The lowest BCUT2D eigenvalue weighted by Gasteiger charge is -2.10. The van der Waals surface area contributed by atoms with Gasteiger partial charge in [-0.2, -0.15) is 4.98 Å². The Kier molecular flexibility index (Phi) is 5.76.